The van der Waals surface area contributed by atoms with Crippen molar-refractivity contribution in [2.45, 2.75) is 88.9 Å². The highest BCUT2D eigenvalue weighted by Crippen LogP contribution is 2.40. The van der Waals surface area contributed by atoms with Gasteiger partial charge >= 0.3 is 0 Å². The SMILES string of the molecule is C[C@@H](Cn1cnnn1)Oc1cc(-c2cnc(Nc3cn([C@H]4CC[C@H](N5[C@@H]6CC[C@H]5COC6)CC4)nc3OCc3ncco3)nc2)ccc1Cl. The van der Waals surface area contributed by atoms with Crippen LogP contribution in [0.4, 0.5) is 11.6 Å². The van der Waals surface area contributed by atoms with Gasteiger partial charge < -0.3 is 23.9 Å². The fourth-order valence-corrected chi connectivity index (χ4v) is 7.46. The van der Waals surface area contributed by atoms with E-state index in [1.54, 1.807) is 35.7 Å². The first-order valence-electron chi connectivity index (χ1n) is 16.8. The van der Waals surface area contributed by atoms with E-state index in [9.17, 15) is 0 Å². The number of hydrogen-bond acceptors (Lipinski definition) is 13. The summed E-state index contributed by atoms with van der Waals surface area (Å²) in [4.78, 5) is 16.2. The van der Waals surface area contributed by atoms with Crippen LogP contribution in [-0.4, -0.2) is 87.3 Å². The number of oxazole rings is 1. The normalized spacial score (nSPS) is 23.0. The quantitative estimate of drug-likeness (QED) is 0.185. The number of ether oxygens (including phenoxy) is 3. The lowest BCUT2D eigenvalue weighted by atomic mass is 9.89. The van der Waals surface area contributed by atoms with Gasteiger partial charge in [-0.2, -0.15) is 0 Å². The molecule has 1 N–H and O–H groups in total. The fourth-order valence-electron chi connectivity index (χ4n) is 7.30. The van der Waals surface area contributed by atoms with E-state index in [0.717, 1.165) is 50.0 Å². The zero-order chi connectivity index (χ0) is 33.2. The third-order valence-electron chi connectivity index (χ3n) is 9.60. The molecule has 3 aliphatic rings. The van der Waals surface area contributed by atoms with Crippen LogP contribution in [0.2, 0.25) is 5.02 Å². The second-order valence-electron chi connectivity index (χ2n) is 12.9. The molecular formula is C33H38ClN11O4. The van der Waals surface area contributed by atoms with Gasteiger partial charge in [-0.05, 0) is 73.6 Å². The van der Waals surface area contributed by atoms with Crippen molar-refractivity contribution in [2.24, 2.45) is 0 Å². The molecule has 2 bridgehead atoms. The molecule has 8 rings (SSSR count). The molecule has 1 aliphatic carbocycles. The number of tetrazole rings is 1. The van der Waals surface area contributed by atoms with Crippen molar-refractivity contribution in [3.63, 3.8) is 0 Å². The first-order chi connectivity index (χ1) is 24.1. The topological polar surface area (TPSA) is 156 Å². The number of anilines is 2. The Morgan fingerprint density at radius 3 is 2.49 bits per heavy atom. The smallest absolute Gasteiger partial charge is 0.257 e. The van der Waals surface area contributed by atoms with Crippen molar-refractivity contribution in [1.82, 2.24) is 49.8 Å². The van der Waals surface area contributed by atoms with E-state index in [1.807, 2.05) is 29.9 Å². The van der Waals surface area contributed by atoms with Crippen molar-refractivity contribution in [3.8, 4) is 22.8 Å². The van der Waals surface area contributed by atoms with Gasteiger partial charge in [0.05, 0.1) is 43.2 Å². The molecule has 4 aromatic heterocycles. The molecule has 2 aliphatic heterocycles. The molecule has 0 spiro atoms. The number of benzene rings is 1. The largest absolute Gasteiger partial charge is 0.487 e. The maximum absolute atomic E-state index is 6.46. The monoisotopic (exact) mass is 687 g/mol. The Labute approximate surface area is 287 Å². The summed E-state index contributed by atoms with van der Waals surface area (Å²) in [6.45, 7) is 4.31. The van der Waals surface area contributed by atoms with E-state index in [2.05, 4.69) is 40.7 Å². The Morgan fingerprint density at radius 1 is 0.980 bits per heavy atom. The zero-order valence-corrected chi connectivity index (χ0v) is 27.9. The molecule has 0 radical (unpaired) electrons. The average molecular weight is 688 g/mol. The number of halogens is 1. The molecule has 15 nitrogen and oxygen atoms in total. The Kier molecular flexibility index (Phi) is 9.11. The summed E-state index contributed by atoms with van der Waals surface area (Å²) in [5.74, 6) is 1.87. The predicted molar refractivity (Wildman–Crippen MR) is 177 cm³/mol. The minimum Gasteiger partial charge on any atom is -0.487 e. The van der Waals surface area contributed by atoms with Gasteiger partial charge in [-0.3, -0.25) is 9.58 Å². The fraction of sp³-hybridized carbons (Fsp3) is 0.485. The maximum atomic E-state index is 6.46. The molecule has 256 valence electrons. The van der Waals surface area contributed by atoms with Crippen molar-refractivity contribution in [2.75, 3.05) is 18.5 Å². The van der Waals surface area contributed by atoms with E-state index in [-0.39, 0.29) is 18.8 Å². The van der Waals surface area contributed by atoms with Crippen LogP contribution in [0.3, 0.4) is 0 Å². The van der Waals surface area contributed by atoms with Crippen molar-refractivity contribution in [3.05, 3.63) is 66.5 Å². The molecule has 5 aromatic rings. The lowest BCUT2D eigenvalue weighted by molar-refractivity contribution is -0.0458. The summed E-state index contributed by atoms with van der Waals surface area (Å²) in [5.41, 5.74) is 2.34. The van der Waals surface area contributed by atoms with Crippen LogP contribution in [0.15, 0.2) is 60.0 Å². The van der Waals surface area contributed by atoms with Gasteiger partial charge in [0.25, 0.3) is 5.88 Å². The number of morpholine rings is 1. The summed E-state index contributed by atoms with van der Waals surface area (Å²) in [5, 5.41) is 19.9. The molecule has 1 aromatic carbocycles. The predicted octanol–water partition coefficient (Wildman–Crippen LogP) is 5.11. The number of nitrogens with one attached hydrogen (secondary N) is 1. The highest BCUT2D eigenvalue weighted by Gasteiger charge is 2.42. The van der Waals surface area contributed by atoms with Crippen molar-refractivity contribution >= 4 is 23.2 Å². The van der Waals surface area contributed by atoms with E-state index >= 15 is 0 Å². The third kappa shape index (κ3) is 7.09. The Bertz CT molecular complexity index is 1790. The van der Waals surface area contributed by atoms with Gasteiger partial charge in [-0.1, -0.05) is 17.7 Å². The Balaban J connectivity index is 0.952. The highest BCUT2D eigenvalue weighted by atomic mass is 35.5. The number of rotatable bonds is 12. The van der Waals surface area contributed by atoms with Gasteiger partial charge in [-0.15, -0.1) is 10.2 Å². The summed E-state index contributed by atoms with van der Waals surface area (Å²) < 4.78 is 27.1. The Hall–Kier alpha value is -4.60. The maximum Gasteiger partial charge on any atom is 0.257 e. The first kappa shape index (κ1) is 31.7. The molecule has 3 atom stereocenters. The summed E-state index contributed by atoms with van der Waals surface area (Å²) >= 11 is 6.46. The van der Waals surface area contributed by atoms with E-state index in [0.29, 0.717) is 58.8 Å². The van der Waals surface area contributed by atoms with Crippen LogP contribution < -0.4 is 14.8 Å². The van der Waals surface area contributed by atoms with Gasteiger partial charge in [0.2, 0.25) is 11.8 Å². The lowest BCUT2D eigenvalue weighted by Gasteiger charge is -2.43. The molecule has 0 unspecified atom stereocenters. The second-order valence-corrected chi connectivity index (χ2v) is 13.3. The van der Waals surface area contributed by atoms with Crippen LogP contribution >= 0.6 is 11.6 Å². The third-order valence-corrected chi connectivity index (χ3v) is 9.91. The molecule has 49 heavy (non-hydrogen) atoms. The van der Waals surface area contributed by atoms with Crippen LogP contribution in [0, 0.1) is 0 Å². The highest BCUT2D eigenvalue weighted by molar-refractivity contribution is 6.32. The van der Waals surface area contributed by atoms with Gasteiger partial charge in [0.15, 0.2) is 6.61 Å². The average Bonchev–Trinajstić information content (AvgIpc) is 3.94. The van der Waals surface area contributed by atoms with Crippen LogP contribution in [-0.2, 0) is 17.9 Å². The van der Waals surface area contributed by atoms with Gasteiger partial charge in [-0.25, -0.2) is 19.6 Å². The summed E-state index contributed by atoms with van der Waals surface area (Å²) in [7, 11) is 0. The van der Waals surface area contributed by atoms with E-state index in [1.165, 1.54) is 19.1 Å². The molecule has 2 saturated heterocycles. The summed E-state index contributed by atoms with van der Waals surface area (Å²) in [6, 6.07) is 7.63. The van der Waals surface area contributed by atoms with Crippen LogP contribution in [0.1, 0.15) is 57.4 Å². The molecule has 0 amide bonds. The standard InChI is InChI=1S/C33H38ClN11O4/c1-21(15-43-20-38-41-42-43)49-30-12-22(2-9-28(30)34)23-13-36-33(37-14-23)39-29-16-44(40-32(29)48-19-31-35-10-11-47-31)24-3-5-25(6-4-24)45-26-7-8-27(45)18-46-17-26/h2,9-14,16,20-21,24-27H,3-8,15,17-19H2,1H3,(H,36,37,39)/t21-,24-,25-,26-,27+/m0/s1. The Morgan fingerprint density at radius 2 is 1.76 bits per heavy atom. The number of fused-ring (bicyclic) bond motifs is 2. The molecule has 1 saturated carbocycles. The van der Waals surface area contributed by atoms with E-state index < -0.39 is 0 Å². The van der Waals surface area contributed by atoms with Gasteiger partial charge in [0.1, 0.15) is 30.1 Å². The summed E-state index contributed by atoms with van der Waals surface area (Å²) in [6.07, 6.45) is 16.9. The molecule has 3 fully saturated rings. The lowest BCUT2D eigenvalue weighted by Crippen LogP contribution is -2.52. The molecule has 6 heterocycles. The molecular weight excluding hydrogens is 650 g/mol. The minimum absolute atomic E-state index is 0.153. The van der Waals surface area contributed by atoms with Crippen LogP contribution in [0.25, 0.3) is 11.1 Å². The minimum atomic E-state index is -0.213. The van der Waals surface area contributed by atoms with Gasteiger partial charge in [0, 0.05) is 36.1 Å². The van der Waals surface area contributed by atoms with Crippen molar-refractivity contribution < 1.29 is 18.6 Å². The van der Waals surface area contributed by atoms with Crippen molar-refractivity contribution in [1.29, 1.82) is 0 Å². The number of aromatic nitrogens is 9. The zero-order valence-electron chi connectivity index (χ0n) is 27.1. The van der Waals surface area contributed by atoms with E-state index in [4.69, 9.17) is 35.3 Å². The number of hydrogen-bond donors (Lipinski definition) is 1. The van der Waals surface area contributed by atoms with Crippen LogP contribution in [0.5, 0.6) is 11.6 Å². The molecule has 16 heteroatoms. The second kappa shape index (κ2) is 14.1. The first-order valence-corrected chi connectivity index (χ1v) is 17.2. The number of nitrogens with zero attached hydrogens (tertiary/aromatic N) is 10.